The molecule has 6 nitrogen and oxygen atoms in total. The quantitative estimate of drug-likeness (QED) is 0.305. The van der Waals surface area contributed by atoms with Gasteiger partial charge in [-0.05, 0) is 55.2 Å². The van der Waals surface area contributed by atoms with Crippen molar-refractivity contribution >= 4 is 41.4 Å². The minimum absolute atomic E-state index is 0.168. The zero-order chi connectivity index (χ0) is 24.7. The van der Waals surface area contributed by atoms with E-state index in [2.05, 4.69) is 0 Å². The molecule has 2 aromatic rings. The van der Waals surface area contributed by atoms with E-state index in [0.29, 0.717) is 22.9 Å². The van der Waals surface area contributed by atoms with Crippen LogP contribution < -0.4 is 0 Å². The summed E-state index contributed by atoms with van der Waals surface area (Å²) in [7, 11) is 0. The molecule has 3 rings (SSSR count). The molecule has 34 heavy (non-hydrogen) atoms. The van der Waals surface area contributed by atoms with Gasteiger partial charge in [-0.3, -0.25) is 4.79 Å². The molecule has 1 amide bonds. The first-order chi connectivity index (χ1) is 16.4. The summed E-state index contributed by atoms with van der Waals surface area (Å²) < 4.78 is 11.7. The molecule has 0 aromatic heterocycles. The van der Waals surface area contributed by atoms with Crippen LogP contribution in [0, 0.1) is 0 Å². The lowest BCUT2D eigenvalue weighted by Crippen LogP contribution is -2.57. The first-order valence-electron chi connectivity index (χ1n) is 11.5. The summed E-state index contributed by atoms with van der Waals surface area (Å²) in [6.45, 7) is 3.90. The number of carbonyl (C=O) groups is 3. The molecular weight excluding hydrogens is 477 g/mol. The van der Waals surface area contributed by atoms with Gasteiger partial charge in [0.15, 0.2) is 0 Å². The molecule has 1 aliphatic heterocycles. The van der Waals surface area contributed by atoms with Crippen LogP contribution in [0.15, 0.2) is 48.5 Å². The van der Waals surface area contributed by atoms with Gasteiger partial charge in [0, 0.05) is 16.5 Å². The van der Waals surface area contributed by atoms with Gasteiger partial charge in [0.2, 0.25) is 0 Å². The molecule has 0 radical (unpaired) electrons. The second-order valence-electron chi connectivity index (χ2n) is 8.14. The van der Waals surface area contributed by atoms with Crippen LogP contribution in [0.3, 0.4) is 0 Å². The Morgan fingerprint density at radius 2 is 1.65 bits per heavy atom. The monoisotopic (exact) mass is 505 g/mol. The Morgan fingerprint density at radius 1 is 1.06 bits per heavy atom. The van der Waals surface area contributed by atoms with Gasteiger partial charge >= 0.3 is 5.97 Å². The first kappa shape index (κ1) is 26.2. The number of amides is 1. The van der Waals surface area contributed by atoms with Crippen LogP contribution in [0.2, 0.25) is 10.0 Å². The lowest BCUT2D eigenvalue weighted by Gasteiger charge is -2.47. The highest BCUT2D eigenvalue weighted by molar-refractivity contribution is 6.30. The minimum Gasteiger partial charge on any atom is -0.464 e. The molecule has 8 heteroatoms. The van der Waals surface area contributed by atoms with Gasteiger partial charge in [-0.15, -0.1) is 0 Å². The number of hydrogen-bond donors (Lipinski definition) is 0. The number of rotatable bonds is 10. The van der Waals surface area contributed by atoms with Gasteiger partial charge in [0.05, 0.1) is 12.6 Å². The third-order valence-electron chi connectivity index (χ3n) is 5.84. The molecular formula is C26H29Cl2NO5. The maximum absolute atomic E-state index is 13.8. The topological polar surface area (TPSA) is 72.9 Å². The predicted octanol–water partition coefficient (Wildman–Crippen LogP) is 5.71. The van der Waals surface area contributed by atoms with E-state index in [1.807, 2.05) is 31.2 Å². The Kier molecular flexibility index (Phi) is 9.51. The Bertz CT molecular complexity index is 980. The molecule has 0 bridgehead atoms. The average molecular weight is 506 g/mol. The van der Waals surface area contributed by atoms with Gasteiger partial charge in [-0.1, -0.05) is 60.8 Å². The van der Waals surface area contributed by atoms with Crippen molar-refractivity contribution in [2.45, 2.75) is 63.8 Å². The lowest BCUT2D eigenvalue weighted by molar-refractivity contribution is -0.186. The van der Waals surface area contributed by atoms with Crippen LogP contribution in [-0.2, 0) is 23.9 Å². The van der Waals surface area contributed by atoms with Crippen molar-refractivity contribution in [2.75, 3.05) is 6.61 Å². The van der Waals surface area contributed by atoms with E-state index in [9.17, 15) is 14.4 Å². The van der Waals surface area contributed by atoms with Gasteiger partial charge in [0.1, 0.15) is 24.5 Å². The Hall–Kier alpha value is -2.41. The SMILES string of the molecule is CCCC(C(=O)OCC)N1C(=O)C(CCC=O)OC(c2ccc(Cl)cc2)C1c1ccc(Cl)cc1. The fraction of sp³-hybridized carbons (Fsp3) is 0.423. The van der Waals surface area contributed by atoms with E-state index in [1.165, 1.54) is 0 Å². The zero-order valence-electron chi connectivity index (χ0n) is 19.3. The molecule has 0 aliphatic carbocycles. The number of nitrogens with zero attached hydrogens (tertiary/aromatic N) is 1. The summed E-state index contributed by atoms with van der Waals surface area (Å²) in [6.07, 6.45) is 0.788. The minimum atomic E-state index is -0.872. The van der Waals surface area contributed by atoms with Crippen LogP contribution in [-0.4, -0.2) is 41.8 Å². The third kappa shape index (κ3) is 5.98. The highest BCUT2D eigenvalue weighted by Gasteiger charge is 2.48. The van der Waals surface area contributed by atoms with Gasteiger partial charge in [0.25, 0.3) is 5.91 Å². The molecule has 2 aromatic carbocycles. The molecule has 0 N–H and O–H groups in total. The van der Waals surface area contributed by atoms with Gasteiger partial charge in [-0.25, -0.2) is 4.79 Å². The second kappa shape index (κ2) is 12.3. The van der Waals surface area contributed by atoms with Crippen LogP contribution in [0.4, 0.5) is 0 Å². The van der Waals surface area contributed by atoms with Gasteiger partial charge in [-0.2, -0.15) is 0 Å². The number of esters is 1. The maximum atomic E-state index is 13.8. The zero-order valence-corrected chi connectivity index (χ0v) is 20.8. The van der Waals surface area contributed by atoms with Crippen LogP contribution in [0.5, 0.6) is 0 Å². The van der Waals surface area contributed by atoms with Gasteiger partial charge < -0.3 is 19.2 Å². The summed E-state index contributed by atoms with van der Waals surface area (Å²) >= 11 is 12.3. The fourth-order valence-electron chi connectivity index (χ4n) is 4.31. The highest BCUT2D eigenvalue weighted by Crippen LogP contribution is 2.44. The Balaban J connectivity index is 2.17. The third-order valence-corrected chi connectivity index (χ3v) is 6.34. The summed E-state index contributed by atoms with van der Waals surface area (Å²) in [5.41, 5.74) is 1.58. The normalized spacial score (nSPS) is 21.2. The Labute approximate surface area is 210 Å². The largest absolute Gasteiger partial charge is 0.464 e. The molecule has 4 atom stereocenters. The van der Waals surface area contributed by atoms with Crippen molar-refractivity contribution in [3.05, 3.63) is 69.7 Å². The number of morpholine rings is 1. The van der Waals surface area contributed by atoms with Crippen molar-refractivity contribution < 1.29 is 23.9 Å². The van der Waals surface area contributed by atoms with E-state index in [1.54, 1.807) is 36.1 Å². The van der Waals surface area contributed by atoms with E-state index in [0.717, 1.165) is 17.4 Å². The highest BCUT2D eigenvalue weighted by atomic mass is 35.5. The van der Waals surface area contributed by atoms with Crippen LogP contribution in [0.25, 0.3) is 0 Å². The van der Waals surface area contributed by atoms with E-state index >= 15 is 0 Å². The molecule has 0 saturated carbocycles. The van der Waals surface area contributed by atoms with E-state index < -0.39 is 30.3 Å². The van der Waals surface area contributed by atoms with Crippen molar-refractivity contribution in [1.29, 1.82) is 0 Å². The summed E-state index contributed by atoms with van der Waals surface area (Å²) in [6, 6.07) is 13.0. The summed E-state index contributed by atoms with van der Waals surface area (Å²) in [4.78, 5) is 39.5. The predicted molar refractivity (Wildman–Crippen MR) is 131 cm³/mol. The standard InChI is InChI=1S/C26H29Cl2NO5/c1-3-6-21(26(32)33-4-2)29-23(17-8-12-19(27)13-9-17)24(18-10-14-20(28)15-11-18)34-22(25(29)31)7-5-16-30/h8-16,21-24H,3-7H2,1-2H3. The smallest absolute Gasteiger partial charge is 0.328 e. The number of halogens is 2. The molecule has 1 heterocycles. The van der Waals surface area contributed by atoms with Crippen LogP contribution >= 0.6 is 23.2 Å². The summed E-state index contributed by atoms with van der Waals surface area (Å²) in [5.74, 6) is -0.791. The first-order valence-corrected chi connectivity index (χ1v) is 12.3. The molecule has 1 saturated heterocycles. The van der Waals surface area contributed by atoms with Crippen molar-refractivity contribution in [1.82, 2.24) is 4.90 Å². The van der Waals surface area contributed by atoms with Crippen molar-refractivity contribution in [3.8, 4) is 0 Å². The number of hydrogen-bond acceptors (Lipinski definition) is 5. The fourth-order valence-corrected chi connectivity index (χ4v) is 4.56. The summed E-state index contributed by atoms with van der Waals surface area (Å²) in [5, 5.41) is 1.13. The molecule has 182 valence electrons. The van der Waals surface area contributed by atoms with E-state index in [-0.39, 0.29) is 25.4 Å². The molecule has 1 aliphatic rings. The molecule has 4 unspecified atom stereocenters. The number of carbonyl (C=O) groups excluding carboxylic acids is 3. The lowest BCUT2D eigenvalue weighted by atomic mass is 9.89. The second-order valence-corrected chi connectivity index (χ2v) is 9.01. The van der Waals surface area contributed by atoms with Crippen LogP contribution in [0.1, 0.15) is 62.8 Å². The van der Waals surface area contributed by atoms with E-state index in [4.69, 9.17) is 32.7 Å². The van der Waals surface area contributed by atoms with Crippen molar-refractivity contribution in [3.63, 3.8) is 0 Å². The Morgan fingerprint density at radius 3 is 2.18 bits per heavy atom. The maximum Gasteiger partial charge on any atom is 0.328 e. The average Bonchev–Trinajstić information content (AvgIpc) is 2.83. The number of benzene rings is 2. The molecule has 1 fully saturated rings. The van der Waals surface area contributed by atoms with Crippen molar-refractivity contribution in [2.24, 2.45) is 0 Å². The molecule has 0 spiro atoms. The number of ether oxygens (including phenoxy) is 2. The number of aldehydes is 1.